The van der Waals surface area contributed by atoms with E-state index < -0.39 is 0 Å². The molecule has 1 aromatic rings. The molecule has 1 aromatic carbocycles. The Bertz CT molecular complexity index is 486. The zero-order valence-electron chi connectivity index (χ0n) is 11.8. The zero-order chi connectivity index (χ0) is 13.5. The van der Waals surface area contributed by atoms with Crippen molar-refractivity contribution in [2.24, 2.45) is 0 Å². The number of hydrogen-bond donors (Lipinski definition) is 1. The van der Waals surface area contributed by atoms with E-state index in [1.165, 1.54) is 18.2 Å². The number of rotatable bonds is 4. The predicted octanol–water partition coefficient (Wildman–Crippen LogP) is 2.42. The van der Waals surface area contributed by atoms with Crippen LogP contribution in [0.4, 0.5) is 0 Å². The number of aromatic hydroxyl groups is 1. The van der Waals surface area contributed by atoms with Crippen molar-refractivity contribution in [1.29, 1.82) is 5.26 Å². The maximum absolute atomic E-state index is 12.0. The summed E-state index contributed by atoms with van der Waals surface area (Å²) in [6.07, 6.45) is 1.50. The van der Waals surface area contributed by atoms with Crippen molar-refractivity contribution in [2.75, 3.05) is 13.1 Å². The maximum Gasteiger partial charge on any atom is 2.00 e. The van der Waals surface area contributed by atoms with Gasteiger partial charge in [0.2, 0.25) is 0 Å². The van der Waals surface area contributed by atoms with Gasteiger partial charge in [0, 0.05) is 18.8 Å². The van der Waals surface area contributed by atoms with E-state index in [9.17, 15) is 4.79 Å². The Labute approximate surface area is 133 Å². The van der Waals surface area contributed by atoms with Crippen molar-refractivity contribution >= 4 is 12.0 Å². The standard InChI is InChI=1S/C14H15N2O2.CH3.Os/c1-3-16(4-2)14(18)12(10-15)9-11-5-7-13(17)8-6-11;;/h5-7,9,17H,3-4H2,1-2H3;1H3;/q2*-1;+2/b12-9+;;. The molecule has 0 bridgehead atoms. The van der Waals surface area contributed by atoms with E-state index in [2.05, 4.69) is 6.07 Å². The van der Waals surface area contributed by atoms with Crippen molar-refractivity contribution < 1.29 is 29.7 Å². The van der Waals surface area contributed by atoms with Crippen LogP contribution in [0.1, 0.15) is 19.4 Å². The molecular formula is C15H18N2O2Os. The molecule has 0 heterocycles. The summed E-state index contributed by atoms with van der Waals surface area (Å²) in [5, 5.41) is 18.1. The van der Waals surface area contributed by atoms with Crippen LogP contribution in [0.3, 0.4) is 0 Å². The number of likely N-dealkylation sites (N-methyl/N-ethyl adjacent to an activating group) is 1. The summed E-state index contributed by atoms with van der Waals surface area (Å²) in [6, 6.07) is 9.12. The minimum Gasteiger partial charge on any atom is -0.534 e. The molecule has 0 unspecified atom stereocenters. The molecule has 0 saturated heterocycles. The van der Waals surface area contributed by atoms with Gasteiger partial charge in [-0.1, -0.05) is 6.08 Å². The first-order valence-electron chi connectivity index (χ1n) is 5.74. The van der Waals surface area contributed by atoms with E-state index in [4.69, 9.17) is 10.4 Å². The first-order chi connectivity index (χ1) is 8.62. The summed E-state index contributed by atoms with van der Waals surface area (Å²) in [6.45, 7) is 4.86. The number of amides is 1. The topological polar surface area (TPSA) is 64.3 Å². The molecule has 108 valence electrons. The number of hydrogen-bond acceptors (Lipinski definition) is 3. The van der Waals surface area contributed by atoms with Gasteiger partial charge in [0.05, 0.1) is 0 Å². The van der Waals surface area contributed by atoms with Gasteiger partial charge in [-0.3, -0.25) is 4.79 Å². The van der Waals surface area contributed by atoms with E-state index >= 15 is 0 Å². The Morgan fingerprint density at radius 2 is 2.05 bits per heavy atom. The normalized spacial score (nSPS) is 9.75. The van der Waals surface area contributed by atoms with Crippen LogP contribution < -0.4 is 0 Å². The molecule has 4 nitrogen and oxygen atoms in total. The second kappa shape index (κ2) is 10.2. The van der Waals surface area contributed by atoms with Crippen LogP contribution in [0.25, 0.3) is 6.08 Å². The summed E-state index contributed by atoms with van der Waals surface area (Å²) < 4.78 is 0. The number of benzene rings is 1. The van der Waals surface area contributed by atoms with Gasteiger partial charge in [0.1, 0.15) is 11.6 Å². The molecular weight excluding hydrogens is 430 g/mol. The molecule has 0 spiro atoms. The zero-order valence-corrected chi connectivity index (χ0v) is 14.4. The van der Waals surface area contributed by atoms with Crippen LogP contribution in [-0.4, -0.2) is 29.0 Å². The summed E-state index contributed by atoms with van der Waals surface area (Å²) in [5.74, 6) is -0.253. The maximum atomic E-state index is 12.0. The van der Waals surface area contributed by atoms with Gasteiger partial charge in [-0.15, -0.1) is 17.7 Å². The number of nitriles is 1. The molecule has 0 aromatic heterocycles. The van der Waals surface area contributed by atoms with Gasteiger partial charge in [0.25, 0.3) is 5.91 Å². The van der Waals surface area contributed by atoms with E-state index in [0.717, 1.165) is 0 Å². The Morgan fingerprint density at radius 1 is 1.45 bits per heavy atom. The van der Waals surface area contributed by atoms with Crippen LogP contribution in [0.15, 0.2) is 23.8 Å². The molecule has 0 aliphatic heterocycles. The summed E-state index contributed by atoms with van der Waals surface area (Å²) in [7, 11) is 0. The quantitative estimate of drug-likeness (QED) is 0.437. The number of phenols is 1. The minimum atomic E-state index is -0.282. The molecule has 1 amide bonds. The minimum absolute atomic E-state index is 0. The second-order valence-electron chi connectivity index (χ2n) is 3.65. The smallest absolute Gasteiger partial charge is 0.534 e. The van der Waals surface area contributed by atoms with Crippen molar-refractivity contribution in [3.63, 3.8) is 0 Å². The second-order valence-corrected chi connectivity index (χ2v) is 3.65. The van der Waals surface area contributed by atoms with Gasteiger partial charge in [-0.25, -0.2) is 0 Å². The molecule has 0 aliphatic rings. The SMILES string of the molecule is CCN(CC)C(=O)/C(C#N)=C/c1c[c-]c(O)cc1.[CH3-].[Os+2]. The van der Waals surface area contributed by atoms with E-state index in [1.807, 2.05) is 19.9 Å². The molecule has 1 N–H and O–H groups in total. The fraction of sp³-hybridized carbons (Fsp3) is 0.267. The third-order valence-corrected chi connectivity index (χ3v) is 2.53. The number of carbonyl (C=O) groups is 1. The van der Waals surface area contributed by atoms with Crippen molar-refractivity contribution in [2.45, 2.75) is 13.8 Å². The average Bonchev–Trinajstić information content (AvgIpc) is 2.39. The summed E-state index contributed by atoms with van der Waals surface area (Å²) in [5.41, 5.74) is 0.739. The molecule has 5 heteroatoms. The molecule has 0 aliphatic carbocycles. The first kappa shape index (κ1) is 20.7. The van der Waals surface area contributed by atoms with E-state index in [1.54, 1.807) is 11.0 Å². The van der Waals surface area contributed by atoms with Gasteiger partial charge >= 0.3 is 19.8 Å². The van der Waals surface area contributed by atoms with Crippen LogP contribution in [0.2, 0.25) is 0 Å². The van der Waals surface area contributed by atoms with Gasteiger partial charge in [-0.05, 0) is 13.8 Å². The molecule has 0 radical (unpaired) electrons. The Morgan fingerprint density at radius 3 is 2.45 bits per heavy atom. The fourth-order valence-electron chi connectivity index (χ4n) is 1.51. The third-order valence-electron chi connectivity index (χ3n) is 2.53. The van der Waals surface area contributed by atoms with E-state index in [0.29, 0.717) is 18.7 Å². The van der Waals surface area contributed by atoms with Crippen LogP contribution in [-0.2, 0) is 24.6 Å². The molecule has 0 fully saturated rings. The third kappa shape index (κ3) is 5.55. The molecule has 0 atom stereocenters. The fourth-order valence-corrected chi connectivity index (χ4v) is 1.51. The van der Waals surface area contributed by atoms with Crippen LogP contribution >= 0.6 is 0 Å². The van der Waals surface area contributed by atoms with E-state index in [-0.39, 0.29) is 44.4 Å². The average molecular weight is 449 g/mol. The Balaban J connectivity index is 0. The van der Waals surface area contributed by atoms with Gasteiger partial charge < -0.3 is 17.4 Å². The Kier molecular flexibility index (Phi) is 10.5. The summed E-state index contributed by atoms with van der Waals surface area (Å²) >= 11 is 0. The van der Waals surface area contributed by atoms with Crippen molar-refractivity contribution in [3.8, 4) is 11.8 Å². The number of phenolic OH excluding ortho intramolecular Hbond substituents is 1. The first-order valence-corrected chi connectivity index (χ1v) is 5.74. The van der Waals surface area contributed by atoms with Crippen LogP contribution in [0, 0.1) is 24.8 Å². The number of nitrogens with zero attached hydrogens (tertiary/aromatic N) is 2. The summed E-state index contributed by atoms with van der Waals surface area (Å²) in [4.78, 5) is 13.6. The number of carbonyl (C=O) groups excluding carboxylic acids is 1. The predicted molar refractivity (Wildman–Crippen MR) is 74.9 cm³/mol. The van der Waals surface area contributed by atoms with Crippen molar-refractivity contribution in [3.05, 3.63) is 42.8 Å². The Hall–Kier alpha value is -1.64. The molecule has 1 rings (SSSR count). The molecule has 20 heavy (non-hydrogen) atoms. The van der Waals surface area contributed by atoms with Crippen molar-refractivity contribution in [1.82, 2.24) is 4.90 Å². The van der Waals surface area contributed by atoms with Crippen LogP contribution in [0.5, 0.6) is 5.75 Å². The monoisotopic (exact) mass is 450 g/mol. The largest absolute Gasteiger partial charge is 2.00 e. The molecule has 0 saturated carbocycles. The van der Waals surface area contributed by atoms with Gasteiger partial charge in [-0.2, -0.15) is 17.4 Å². The van der Waals surface area contributed by atoms with Gasteiger partial charge in [0.15, 0.2) is 0 Å².